The second-order valence-corrected chi connectivity index (χ2v) is 8.86. The number of sulfonamides is 1. The molecule has 146 valence electrons. The van der Waals surface area contributed by atoms with Gasteiger partial charge in [-0.2, -0.15) is 4.31 Å². The van der Waals surface area contributed by atoms with Gasteiger partial charge in [-0.3, -0.25) is 4.79 Å². The standard InChI is InChI=1S/C18H27ClN2O4S/c1-4-13(3)20-18(22)14-8-10-21(11-9-14)26(23,24)17-12-15(19)6-7-16(17)25-5-2/h6-7,12-14H,4-5,8-11H2,1-3H3,(H,20,22)/t13-/m1/s1. The number of piperidine rings is 1. The van der Waals surface area contributed by atoms with E-state index in [1.165, 1.54) is 10.4 Å². The molecule has 1 aromatic carbocycles. The highest BCUT2D eigenvalue weighted by Gasteiger charge is 2.34. The van der Waals surface area contributed by atoms with Gasteiger partial charge in [-0.05, 0) is 51.3 Å². The van der Waals surface area contributed by atoms with Crippen molar-refractivity contribution in [2.45, 2.75) is 51.0 Å². The normalized spacial score (nSPS) is 17.7. The van der Waals surface area contributed by atoms with Crippen LogP contribution in [0.3, 0.4) is 0 Å². The van der Waals surface area contributed by atoms with Crippen molar-refractivity contribution in [3.8, 4) is 5.75 Å². The van der Waals surface area contributed by atoms with Crippen molar-refractivity contribution in [2.24, 2.45) is 5.92 Å². The first-order valence-electron chi connectivity index (χ1n) is 9.02. The summed E-state index contributed by atoms with van der Waals surface area (Å²) in [6.07, 6.45) is 1.88. The maximum absolute atomic E-state index is 13.0. The average Bonchev–Trinajstić information content (AvgIpc) is 2.63. The van der Waals surface area contributed by atoms with Crippen LogP contribution >= 0.6 is 11.6 Å². The van der Waals surface area contributed by atoms with Crippen molar-refractivity contribution in [2.75, 3.05) is 19.7 Å². The number of carbonyl (C=O) groups is 1. The van der Waals surface area contributed by atoms with E-state index in [0.717, 1.165) is 6.42 Å². The minimum Gasteiger partial charge on any atom is -0.492 e. The molecule has 0 radical (unpaired) electrons. The van der Waals surface area contributed by atoms with Gasteiger partial charge in [0.1, 0.15) is 10.6 Å². The molecule has 1 fully saturated rings. The third-order valence-electron chi connectivity index (χ3n) is 4.65. The number of carbonyl (C=O) groups excluding carboxylic acids is 1. The van der Waals surface area contributed by atoms with Crippen molar-refractivity contribution in [3.05, 3.63) is 23.2 Å². The Balaban J connectivity index is 2.11. The first kappa shape index (κ1) is 21.0. The van der Waals surface area contributed by atoms with Crippen molar-refractivity contribution < 1.29 is 17.9 Å². The Morgan fingerprint density at radius 3 is 2.58 bits per heavy atom. The minimum atomic E-state index is -3.72. The number of halogens is 1. The summed E-state index contributed by atoms with van der Waals surface area (Å²) in [4.78, 5) is 12.3. The molecule has 1 N–H and O–H groups in total. The first-order valence-corrected chi connectivity index (χ1v) is 10.8. The maximum atomic E-state index is 13.0. The molecule has 1 amide bonds. The van der Waals surface area contributed by atoms with Gasteiger partial charge in [0.25, 0.3) is 0 Å². The van der Waals surface area contributed by atoms with E-state index in [1.807, 2.05) is 13.8 Å². The van der Waals surface area contributed by atoms with Crippen LogP contribution in [0.25, 0.3) is 0 Å². The molecule has 0 unspecified atom stereocenters. The second kappa shape index (κ2) is 9.06. The van der Waals surface area contributed by atoms with Crippen LogP contribution in [0.15, 0.2) is 23.1 Å². The van der Waals surface area contributed by atoms with Gasteiger partial charge in [-0.25, -0.2) is 8.42 Å². The van der Waals surface area contributed by atoms with Gasteiger partial charge in [0.2, 0.25) is 15.9 Å². The molecular formula is C18H27ClN2O4S. The summed E-state index contributed by atoms with van der Waals surface area (Å²) in [6, 6.07) is 4.73. The molecule has 1 aliphatic rings. The van der Waals surface area contributed by atoms with E-state index in [0.29, 0.717) is 43.3 Å². The zero-order chi connectivity index (χ0) is 19.3. The van der Waals surface area contributed by atoms with Gasteiger partial charge in [0.15, 0.2) is 0 Å². The molecule has 1 saturated heterocycles. The largest absolute Gasteiger partial charge is 0.492 e. The van der Waals surface area contributed by atoms with Crippen molar-refractivity contribution in [1.29, 1.82) is 0 Å². The quantitative estimate of drug-likeness (QED) is 0.760. The Hall–Kier alpha value is -1.31. The fraction of sp³-hybridized carbons (Fsp3) is 0.611. The molecule has 8 heteroatoms. The molecule has 26 heavy (non-hydrogen) atoms. The molecule has 2 rings (SSSR count). The number of nitrogens with one attached hydrogen (secondary N) is 1. The fourth-order valence-corrected chi connectivity index (χ4v) is 4.78. The summed E-state index contributed by atoms with van der Waals surface area (Å²) < 4.78 is 32.9. The van der Waals surface area contributed by atoms with E-state index in [2.05, 4.69) is 5.32 Å². The summed E-state index contributed by atoms with van der Waals surface area (Å²) in [6.45, 7) is 6.75. The summed E-state index contributed by atoms with van der Waals surface area (Å²) in [7, 11) is -3.72. The smallest absolute Gasteiger partial charge is 0.246 e. The zero-order valence-corrected chi connectivity index (χ0v) is 17.1. The monoisotopic (exact) mass is 402 g/mol. The van der Waals surface area contributed by atoms with Crippen LogP contribution in [0, 0.1) is 5.92 Å². The molecule has 1 atom stereocenters. The highest BCUT2D eigenvalue weighted by atomic mass is 35.5. The lowest BCUT2D eigenvalue weighted by atomic mass is 9.97. The molecular weight excluding hydrogens is 376 g/mol. The molecule has 0 aromatic heterocycles. The Labute approximate surface area is 160 Å². The number of hydrogen-bond acceptors (Lipinski definition) is 4. The van der Waals surface area contributed by atoms with E-state index in [1.54, 1.807) is 19.1 Å². The maximum Gasteiger partial charge on any atom is 0.246 e. The Bertz CT molecular complexity index is 731. The van der Waals surface area contributed by atoms with Crippen molar-refractivity contribution >= 4 is 27.5 Å². The lowest BCUT2D eigenvalue weighted by Gasteiger charge is -2.31. The van der Waals surface area contributed by atoms with Crippen LogP contribution in [-0.2, 0) is 14.8 Å². The SMILES string of the molecule is CCOc1ccc(Cl)cc1S(=O)(=O)N1CCC(C(=O)N[C@H](C)CC)CC1. The molecule has 0 bridgehead atoms. The van der Waals surface area contributed by atoms with Crippen molar-refractivity contribution in [1.82, 2.24) is 9.62 Å². The molecule has 1 heterocycles. The third-order valence-corrected chi connectivity index (χ3v) is 6.80. The summed E-state index contributed by atoms with van der Waals surface area (Å²) >= 11 is 6.00. The van der Waals surface area contributed by atoms with Crippen LogP contribution < -0.4 is 10.1 Å². The molecule has 0 aliphatic carbocycles. The third kappa shape index (κ3) is 4.90. The van der Waals surface area contributed by atoms with E-state index in [4.69, 9.17) is 16.3 Å². The molecule has 1 aromatic rings. The van der Waals surface area contributed by atoms with Gasteiger partial charge in [-0.15, -0.1) is 0 Å². The molecule has 6 nitrogen and oxygen atoms in total. The van der Waals surface area contributed by atoms with Crippen LogP contribution in [0.1, 0.15) is 40.0 Å². The predicted molar refractivity (Wildman–Crippen MR) is 102 cm³/mol. The van der Waals surface area contributed by atoms with E-state index in [9.17, 15) is 13.2 Å². The topological polar surface area (TPSA) is 75.7 Å². The van der Waals surface area contributed by atoms with Crippen LogP contribution in [-0.4, -0.2) is 44.4 Å². The van der Waals surface area contributed by atoms with Crippen LogP contribution in [0.2, 0.25) is 5.02 Å². The molecule has 0 spiro atoms. The Kier molecular flexibility index (Phi) is 7.32. The number of hydrogen-bond donors (Lipinski definition) is 1. The minimum absolute atomic E-state index is 0.00848. The average molecular weight is 403 g/mol. The van der Waals surface area contributed by atoms with E-state index >= 15 is 0 Å². The van der Waals surface area contributed by atoms with Gasteiger partial charge in [0, 0.05) is 30.1 Å². The van der Waals surface area contributed by atoms with E-state index in [-0.39, 0.29) is 22.8 Å². The fourth-order valence-electron chi connectivity index (χ4n) is 2.92. The Morgan fingerprint density at radius 1 is 1.35 bits per heavy atom. The lowest BCUT2D eigenvalue weighted by molar-refractivity contribution is -0.126. The van der Waals surface area contributed by atoms with Crippen LogP contribution in [0.4, 0.5) is 0 Å². The highest BCUT2D eigenvalue weighted by molar-refractivity contribution is 7.89. The number of amides is 1. The lowest BCUT2D eigenvalue weighted by Crippen LogP contribution is -2.44. The number of rotatable bonds is 7. The Morgan fingerprint density at radius 2 is 2.00 bits per heavy atom. The predicted octanol–water partition coefficient (Wildman–Crippen LogP) is 3.05. The van der Waals surface area contributed by atoms with Gasteiger partial charge < -0.3 is 10.1 Å². The van der Waals surface area contributed by atoms with Crippen LogP contribution in [0.5, 0.6) is 5.75 Å². The first-order chi connectivity index (χ1) is 12.3. The highest BCUT2D eigenvalue weighted by Crippen LogP contribution is 2.32. The second-order valence-electron chi connectivity index (χ2n) is 6.52. The van der Waals surface area contributed by atoms with Gasteiger partial charge >= 0.3 is 0 Å². The van der Waals surface area contributed by atoms with Gasteiger partial charge in [-0.1, -0.05) is 18.5 Å². The van der Waals surface area contributed by atoms with Gasteiger partial charge in [0.05, 0.1) is 6.61 Å². The molecule has 0 saturated carbocycles. The number of benzene rings is 1. The summed E-state index contributed by atoms with van der Waals surface area (Å²) in [5.74, 6) is 0.156. The summed E-state index contributed by atoms with van der Waals surface area (Å²) in [5, 5.41) is 3.32. The summed E-state index contributed by atoms with van der Waals surface area (Å²) in [5.41, 5.74) is 0. The van der Waals surface area contributed by atoms with E-state index < -0.39 is 10.0 Å². The molecule has 1 aliphatic heterocycles. The van der Waals surface area contributed by atoms with Crippen molar-refractivity contribution in [3.63, 3.8) is 0 Å². The number of ether oxygens (including phenoxy) is 1. The zero-order valence-electron chi connectivity index (χ0n) is 15.5. The number of nitrogens with zero attached hydrogens (tertiary/aromatic N) is 1.